The fourth-order valence-electron chi connectivity index (χ4n) is 3.56. The van der Waals surface area contributed by atoms with Gasteiger partial charge in [-0.2, -0.15) is 0 Å². The molecular weight excluding hydrogens is 374 g/mol. The number of benzene rings is 3. The van der Waals surface area contributed by atoms with E-state index < -0.39 is 0 Å². The summed E-state index contributed by atoms with van der Waals surface area (Å²) in [7, 11) is 0. The number of hydrogen-bond donors (Lipinski definition) is 1. The first-order valence-electron chi connectivity index (χ1n) is 10.0. The van der Waals surface area contributed by atoms with Gasteiger partial charge in [0.1, 0.15) is 11.3 Å². The van der Waals surface area contributed by atoms with Gasteiger partial charge < -0.3 is 9.73 Å². The molecule has 0 radical (unpaired) electrons. The molecule has 150 valence electrons. The predicted molar refractivity (Wildman–Crippen MR) is 121 cm³/mol. The number of anilines is 1. The number of hydrogen-bond acceptors (Lipinski definition) is 3. The average Bonchev–Trinajstić information content (AvgIpc) is 2.75. The van der Waals surface area contributed by atoms with Gasteiger partial charge in [-0.3, -0.25) is 9.59 Å². The smallest absolute Gasteiger partial charge is 0.255 e. The SMILES string of the molecule is CCc1ccc(NC(=O)c2ccc(-c3cc(=O)c4cc(C)cc(C)c4o3)cc2)cc1. The predicted octanol–water partition coefficient (Wildman–Crippen LogP) is 5.89. The molecule has 4 nitrogen and oxygen atoms in total. The van der Waals surface area contributed by atoms with Crippen LogP contribution in [0.3, 0.4) is 0 Å². The van der Waals surface area contributed by atoms with Crippen LogP contribution < -0.4 is 10.7 Å². The Labute approximate surface area is 175 Å². The lowest BCUT2D eigenvalue weighted by Gasteiger charge is -2.08. The van der Waals surface area contributed by atoms with Crippen molar-refractivity contribution in [1.82, 2.24) is 0 Å². The lowest BCUT2D eigenvalue weighted by molar-refractivity contribution is 0.102. The van der Waals surface area contributed by atoms with Gasteiger partial charge in [-0.25, -0.2) is 0 Å². The van der Waals surface area contributed by atoms with E-state index in [9.17, 15) is 9.59 Å². The van der Waals surface area contributed by atoms with E-state index in [-0.39, 0.29) is 11.3 Å². The Balaban J connectivity index is 1.60. The van der Waals surface area contributed by atoms with Crippen LogP contribution in [0, 0.1) is 13.8 Å². The molecule has 4 rings (SSSR count). The maximum atomic E-state index is 12.6. The van der Waals surface area contributed by atoms with Crippen molar-refractivity contribution in [3.63, 3.8) is 0 Å². The van der Waals surface area contributed by atoms with Crippen molar-refractivity contribution in [3.05, 3.63) is 99.2 Å². The number of rotatable bonds is 4. The van der Waals surface area contributed by atoms with Crippen LogP contribution in [-0.4, -0.2) is 5.91 Å². The Bertz CT molecular complexity index is 1280. The Kier molecular flexibility index (Phi) is 5.23. The monoisotopic (exact) mass is 397 g/mol. The number of fused-ring (bicyclic) bond motifs is 1. The molecule has 0 spiro atoms. The molecule has 0 aliphatic rings. The number of aryl methyl sites for hydroxylation is 3. The van der Waals surface area contributed by atoms with E-state index in [1.54, 1.807) is 24.3 Å². The quantitative estimate of drug-likeness (QED) is 0.467. The number of carbonyl (C=O) groups is 1. The van der Waals surface area contributed by atoms with Crippen molar-refractivity contribution < 1.29 is 9.21 Å². The second kappa shape index (κ2) is 7.99. The molecule has 30 heavy (non-hydrogen) atoms. The summed E-state index contributed by atoms with van der Waals surface area (Å²) in [6, 6.07) is 20.2. The molecule has 0 saturated carbocycles. The summed E-state index contributed by atoms with van der Waals surface area (Å²) < 4.78 is 6.03. The van der Waals surface area contributed by atoms with Crippen molar-refractivity contribution in [2.75, 3.05) is 5.32 Å². The van der Waals surface area contributed by atoms with Gasteiger partial charge in [-0.05, 0) is 67.3 Å². The molecule has 0 bridgehead atoms. The maximum absolute atomic E-state index is 12.6. The van der Waals surface area contributed by atoms with E-state index in [0.717, 1.165) is 28.8 Å². The minimum atomic E-state index is -0.183. The number of carbonyl (C=O) groups excluding carboxylic acids is 1. The van der Waals surface area contributed by atoms with E-state index in [2.05, 4.69) is 12.2 Å². The normalized spacial score (nSPS) is 10.9. The molecule has 0 atom stereocenters. The maximum Gasteiger partial charge on any atom is 0.255 e. The molecule has 0 unspecified atom stereocenters. The van der Waals surface area contributed by atoms with Crippen LogP contribution in [0.15, 0.2) is 75.9 Å². The third kappa shape index (κ3) is 3.90. The summed E-state index contributed by atoms with van der Waals surface area (Å²) in [5.41, 5.74) is 5.74. The second-order valence-electron chi connectivity index (χ2n) is 7.52. The van der Waals surface area contributed by atoms with Crippen LogP contribution in [0.1, 0.15) is 34.0 Å². The van der Waals surface area contributed by atoms with Crippen LogP contribution in [0.25, 0.3) is 22.3 Å². The van der Waals surface area contributed by atoms with Gasteiger partial charge in [-0.1, -0.05) is 37.3 Å². The summed E-state index contributed by atoms with van der Waals surface area (Å²) >= 11 is 0. The molecule has 1 heterocycles. The second-order valence-corrected chi connectivity index (χ2v) is 7.52. The van der Waals surface area contributed by atoms with E-state index in [1.807, 2.05) is 50.2 Å². The first-order chi connectivity index (χ1) is 14.4. The molecular formula is C26H23NO3. The largest absolute Gasteiger partial charge is 0.456 e. The summed E-state index contributed by atoms with van der Waals surface area (Å²) in [6.07, 6.45) is 0.958. The highest BCUT2D eigenvalue weighted by Crippen LogP contribution is 2.25. The zero-order chi connectivity index (χ0) is 21.3. The van der Waals surface area contributed by atoms with E-state index in [1.165, 1.54) is 11.6 Å². The molecule has 3 aromatic carbocycles. The van der Waals surface area contributed by atoms with Gasteiger partial charge in [0, 0.05) is 22.9 Å². The molecule has 0 saturated heterocycles. The Morgan fingerprint density at radius 2 is 1.63 bits per heavy atom. The van der Waals surface area contributed by atoms with Crippen LogP contribution in [0.2, 0.25) is 0 Å². The molecule has 4 aromatic rings. The fraction of sp³-hybridized carbons (Fsp3) is 0.154. The molecule has 1 amide bonds. The Hall–Kier alpha value is -3.66. The van der Waals surface area contributed by atoms with E-state index in [0.29, 0.717) is 22.3 Å². The van der Waals surface area contributed by atoms with Gasteiger partial charge in [0.05, 0.1) is 5.39 Å². The van der Waals surface area contributed by atoms with Gasteiger partial charge in [0.15, 0.2) is 5.43 Å². The number of amides is 1. The molecule has 0 aliphatic heterocycles. The summed E-state index contributed by atoms with van der Waals surface area (Å²) in [5.74, 6) is 0.304. The van der Waals surface area contributed by atoms with Crippen LogP contribution in [0.4, 0.5) is 5.69 Å². The topological polar surface area (TPSA) is 59.3 Å². The zero-order valence-electron chi connectivity index (χ0n) is 17.3. The lowest BCUT2D eigenvalue weighted by atomic mass is 10.1. The standard InChI is InChI=1S/C26H23NO3/c1-4-18-5-11-21(12-6-18)27-26(29)20-9-7-19(8-10-20)24-15-23(28)22-14-16(2)13-17(3)25(22)30-24/h5-15H,4H2,1-3H3,(H,27,29). The van der Waals surface area contributed by atoms with Gasteiger partial charge in [-0.15, -0.1) is 0 Å². The van der Waals surface area contributed by atoms with Gasteiger partial charge >= 0.3 is 0 Å². The molecule has 1 N–H and O–H groups in total. The molecule has 1 aromatic heterocycles. The first kappa shape index (κ1) is 19.6. The van der Waals surface area contributed by atoms with Gasteiger partial charge in [0.25, 0.3) is 5.91 Å². The molecule has 0 fully saturated rings. The Morgan fingerprint density at radius 1 is 0.933 bits per heavy atom. The third-order valence-electron chi connectivity index (χ3n) is 5.21. The van der Waals surface area contributed by atoms with Crippen LogP contribution in [0.5, 0.6) is 0 Å². The van der Waals surface area contributed by atoms with Crippen molar-refractivity contribution in [2.45, 2.75) is 27.2 Å². The molecule has 0 aliphatic carbocycles. The molecule has 4 heteroatoms. The minimum Gasteiger partial charge on any atom is -0.456 e. The minimum absolute atomic E-state index is 0.0737. The average molecular weight is 397 g/mol. The van der Waals surface area contributed by atoms with Crippen LogP contribution >= 0.6 is 0 Å². The highest BCUT2D eigenvalue weighted by atomic mass is 16.3. The summed E-state index contributed by atoms with van der Waals surface area (Å²) in [5, 5.41) is 3.49. The van der Waals surface area contributed by atoms with Gasteiger partial charge in [0.2, 0.25) is 0 Å². The van der Waals surface area contributed by atoms with E-state index in [4.69, 9.17) is 4.42 Å². The van der Waals surface area contributed by atoms with E-state index >= 15 is 0 Å². The highest BCUT2D eigenvalue weighted by Gasteiger charge is 2.11. The zero-order valence-corrected chi connectivity index (χ0v) is 17.3. The Morgan fingerprint density at radius 3 is 2.30 bits per heavy atom. The van der Waals surface area contributed by atoms with Crippen molar-refractivity contribution in [3.8, 4) is 11.3 Å². The number of nitrogens with one attached hydrogen (secondary N) is 1. The summed E-state index contributed by atoms with van der Waals surface area (Å²) in [4.78, 5) is 25.1. The lowest BCUT2D eigenvalue weighted by Crippen LogP contribution is -2.11. The van der Waals surface area contributed by atoms with Crippen molar-refractivity contribution in [2.24, 2.45) is 0 Å². The van der Waals surface area contributed by atoms with Crippen molar-refractivity contribution in [1.29, 1.82) is 0 Å². The fourth-order valence-corrected chi connectivity index (χ4v) is 3.56. The van der Waals surface area contributed by atoms with Crippen molar-refractivity contribution >= 4 is 22.6 Å². The van der Waals surface area contributed by atoms with Crippen LogP contribution in [-0.2, 0) is 6.42 Å². The summed E-state index contributed by atoms with van der Waals surface area (Å²) in [6.45, 7) is 5.99. The highest BCUT2D eigenvalue weighted by molar-refractivity contribution is 6.04. The first-order valence-corrected chi connectivity index (χ1v) is 10.0. The third-order valence-corrected chi connectivity index (χ3v) is 5.21.